The molecule has 1 N–H and O–H groups in total. The summed E-state index contributed by atoms with van der Waals surface area (Å²) < 4.78 is 28.3. The summed E-state index contributed by atoms with van der Waals surface area (Å²) in [5.74, 6) is -1.13. The van der Waals surface area contributed by atoms with Crippen LogP contribution in [0.4, 0.5) is 13.9 Å². The minimum Gasteiger partial charge on any atom is -0.296 e. The maximum absolute atomic E-state index is 13.2. The van der Waals surface area contributed by atoms with Crippen LogP contribution >= 0.6 is 11.3 Å². The van der Waals surface area contributed by atoms with Gasteiger partial charge >= 0.3 is 0 Å². The van der Waals surface area contributed by atoms with E-state index in [2.05, 4.69) is 15.4 Å². The Morgan fingerprint density at radius 2 is 1.80 bits per heavy atom. The van der Waals surface area contributed by atoms with E-state index in [0.29, 0.717) is 21.0 Å². The van der Waals surface area contributed by atoms with Gasteiger partial charge in [-0.1, -0.05) is 11.3 Å². The molecule has 0 aliphatic heterocycles. The number of amides is 1. The molecule has 0 unspecified atom stereocenters. The summed E-state index contributed by atoms with van der Waals surface area (Å²) in [6, 6.07) is 11.5. The van der Waals surface area contributed by atoms with Gasteiger partial charge in [-0.3, -0.25) is 10.1 Å². The minimum atomic E-state index is -0.430. The molecule has 2 aromatic carbocycles. The third-order valence-electron chi connectivity index (χ3n) is 3.48. The van der Waals surface area contributed by atoms with Crippen LogP contribution in [0.5, 0.6) is 0 Å². The van der Waals surface area contributed by atoms with E-state index in [1.54, 1.807) is 30.5 Å². The number of nitrogens with one attached hydrogen (secondary N) is 1. The number of benzene rings is 2. The number of halogens is 2. The highest BCUT2D eigenvalue weighted by Crippen LogP contribution is 2.26. The Bertz CT molecular complexity index is 1070. The van der Waals surface area contributed by atoms with Gasteiger partial charge in [0, 0.05) is 6.20 Å². The first-order valence-electron chi connectivity index (χ1n) is 7.27. The van der Waals surface area contributed by atoms with Crippen molar-refractivity contribution in [3.8, 4) is 5.69 Å². The molecule has 124 valence electrons. The smallest absolute Gasteiger partial charge is 0.277 e. The van der Waals surface area contributed by atoms with Crippen molar-refractivity contribution in [2.24, 2.45) is 0 Å². The standard InChI is InChI=1S/C17H10F2N4OS/c18-10-1-4-12(5-2-10)23-8-7-14(22-23)16(24)21-17-20-13-6-3-11(19)9-15(13)25-17/h1-9H,(H,20,21,24). The summed E-state index contributed by atoms with van der Waals surface area (Å²) >= 11 is 1.18. The average Bonchev–Trinajstić information content (AvgIpc) is 3.21. The zero-order valence-electron chi connectivity index (χ0n) is 12.6. The van der Waals surface area contributed by atoms with Crippen molar-refractivity contribution >= 4 is 32.6 Å². The fraction of sp³-hybridized carbons (Fsp3) is 0. The highest BCUT2D eigenvalue weighted by atomic mass is 32.1. The number of nitrogens with zero attached hydrogens (tertiary/aromatic N) is 3. The first-order valence-corrected chi connectivity index (χ1v) is 8.09. The van der Waals surface area contributed by atoms with Crippen LogP contribution < -0.4 is 5.32 Å². The van der Waals surface area contributed by atoms with E-state index in [1.807, 2.05) is 0 Å². The van der Waals surface area contributed by atoms with Crippen LogP contribution in [0.3, 0.4) is 0 Å². The van der Waals surface area contributed by atoms with Gasteiger partial charge in [-0.2, -0.15) is 5.10 Å². The number of fused-ring (bicyclic) bond motifs is 1. The van der Waals surface area contributed by atoms with Crippen molar-refractivity contribution in [2.75, 3.05) is 5.32 Å². The molecule has 0 spiro atoms. The number of hydrogen-bond acceptors (Lipinski definition) is 4. The van der Waals surface area contributed by atoms with E-state index < -0.39 is 5.91 Å². The fourth-order valence-corrected chi connectivity index (χ4v) is 3.18. The third kappa shape index (κ3) is 3.11. The molecule has 4 aromatic rings. The molecule has 0 radical (unpaired) electrons. The Morgan fingerprint density at radius 3 is 2.60 bits per heavy atom. The topological polar surface area (TPSA) is 59.8 Å². The van der Waals surface area contributed by atoms with E-state index in [1.165, 1.54) is 40.3 Å². The predicted octanol–water partition coefficient (Wildman–Crippen LogP) is 4.01. The van der Waals surface area contributed by atoms with Crippen LogP contribution in [0.15, 0.2) is 54.7 Å². The van der Waals surface area contributed by atoms with E-state index in [-0.39, 0.29) is 17.3 Å². The largest absolute Gasteiger partial charge is 0.296 e. The highest BCUT2D eigenvalue weighted by Gasteiger charge is 2.13. The Labute approximate surface area is 144 Å². The van der Waals surface area contributed by atoms with Gasteiger partial charge in [-0.05, 0) is 48.5 Å². The molecule has 0 aliphatic rings. The summed E-state index contributed by atoms with van der Waals surface area (Å²) in [4.78, 5) is 16.5. The second-order valence-electron chi connectivity index (χ2n) is 5.21. The number of anilines is 1. The number of rotatable bonds is 3. The van der Waals surface area contributed by atoms with Crippen molar-refractivity contribution in [3.05, 3.63) is 72.1 Å². The SMILES string of the molecule is O=C(Nc1nc2ccc(F)cc2s1)c1ccn(-c2ccc(F)cc2)n1. The van der Waals surface area contributed by atoms with Crippen LogP contribution in [0, 0.1) is 11.6 Å². The van der Waals surface area contributed by atoms with Crippen molar-refractivity contribution in [1.29, 1.82) is 0 Å². The van der Waals surface area contributed by atoms with Gasteiger partial charge in [0.25, 0.3) is 5.91 Å². The van der Waals surface area contributed by atoms with Gasteiger partial charge < -0.3 is 0 Å². The molecular weight excluding hydrogens is 346 g/mol. The summed E-state index contributed by atoms with van der Waals surface area (Å²) in [5.41, 5.74) is 1.43. The zero-order chi connectivity index (χ0) is 17.4. The number of hydrogen-bond donors (Lipinski definition) is 1. The molecule has 0 atom stereocenters. The summed E-state index contributed by atoms with van der Waals surface area (Å²) in [7, 11) is 0. The molecule has 8 heteroatoms. The molecular formula is C17H10F2N4OS. The molecule has 4 rings (SSSR count). The van der Waals surface area contributed by atoms with Crippen LogP contribution in [0.1, 0.15) is 10.5 Å². The molecule has 5 nitrogen and oxygen atoms in total. The van der Waals surface area contributed by atoms with Crippen LogP contribution in [-0.2, 0) is 0 Å². The van der Waals surface area contributed by atoms with E-state index >= 15 is 0 Å². The van der Waals surface area contributed by atoms with Crippen LogP contribution in [0.25, 0.3) is 15.9 Å². The summed E-state index contributed by atoms with van der Waals surface area (Å²) in [5, 5.41) is 7.19. The Balaban J connectivity index is 1.55. The van der Waals surface area contributed by atoms with E-state index in [0.717, 1.165) is 0 Å². The summed E-state index contributed by atoms with van der Waals surface area (Å²) in [6.07, 6.45) is 1.61. The monoisotopic (exact) mass is 356 g/mol. The Kier molecular flexibility index (Phi) is 3.73. The Hall–Kier alpha value is -3.13. The normalized spacial score (nSPS) is 11.0. The second-order valence-corrected chi connectivity index (χ2v) is 6.24. The Morgan fingerprint density at radius 1 is 1.04 bits per heavy atom. The van der Waals surface area contributed by atoms with E-state index in [9.17, 15) is 13.6 Å². The van der Waals surface area contributed by atoms with Crippen molar-refractivity contribution < 1.29 is 13.6 Å². The van der Waals surface area contributed by atoms with E-state index in [4.69, 9.17) is 0 Å². The average molecular weight is 356 g/mol. The molecule has 0 bridgehead atoms. The van der Waals surface area contributed by atoms with Crippen LogP contribution in [-0.4, -0.2) is 20.7 Å². The van der Waals surface area contributed by atoms with Crippen molar-refractivity contribution in [2.45, 2.75) is 0 Å². The minimum absolute atomic E-state index is 0.190. The number of carbonyl (C=O) groups excluding carboxylic acids is 1. The van der Waals surface area contributed by atoms with Gasteiger partial charge in [0.05, 0.1) is 15.9 Å². The highest BCUT2D eigenvalue weighted by molar-refractivity contribution is 7.22. The lowest BCUT2D eigenvalue weighted by Crippen LogP contribution is -2.13. The van der Waals surface area contributed by atoms with Crippen molar-refractivity contribution in [3.63, 3.8) is 0 Å². The van der Waals surface area contributed by atoms with Gasteiger partial charge in [0.1, 0.15) is 11.6 Å². The maximum atomic E-state index is 13.2. The van der Waals surface area contributed by atoms with Gasteiger partial charge in [0.2, 0.25) is 0 Å². The third-order valence-corrected chi connectivity index (χ3v) is 4.42. The van der Waals surface area contributed by atoms with Gasteiger partial charge in [-0.25, -0.2) is 18.4 Å². The van der Waals surface area contributed by atoms with Crippen molar-refractivity contribution in [1.82, 2.24) is 14.8 Å². The first kappa shape index (κ1) is 15.4. The fourth-order valence-electron chi connectivity index (χ4n) is 2.30. The van der Waals surface area contributed by atoms with Gasteiger partial charge in [-0.15, -0.1) is 0 Å². The first-order chi connectivity index (χ1) is 12.1. The zero-order valence-corrected chi connectivity index (χ0v) is 13.4. The second kappa shape index (κ2) is 6.06. The quantitative estimate of drug-likeness (QED) is 0.603. The number of aromatic nitrogens is 3. The lowest BCUT2D eigenvalue weighted by molar-refractivity contribution is 0.102. The maximum Gasteiger partial charge on any atom is 0.277 e. The molecule has 0 saturated heterocycles. The molecule has 2 aromatic heterocycles. The number of thiazole rings is 1. The van der Waals surface area contributed by atoms with Crippen LogP contribution in [0.2, 0.25) is 0 Å². The molecule has 0 fully saturated rings. The lowest BCUT2D eigenvalue weighted by atomic mass is 10.3. The molecule has 0 aliphatic carbocycles. The molecule has 0 saturated carbocycles. The molecule has 2 heterocycles. The molecule has 25 heavy (non-hydrogen) atoms. The number of carbonyl (C=O) groups is 1. The summed E-state index contributed by atoms with van der Waals surface area (Å²) in [6.45, 7) is 0. The van der Waals surface area contributed by atoms with Gasteiger partial charge in [0.15, 0.2) is 10.8 Å². The predicted molar refractivity (Wildman–Crippen MR) is 91.1 cm³/mol. The lowest BCUT2D eigenvalue weighted by Gasteiger charge is -2.01. The molecule has 1 amide bonds.